The van der Waals surface area contributed by atoms with E-state index >= 15 is 0 Å². The minimum absolute atomic E-state index is 0.105. The van der Waals surface area contributed by atoms with Crippen molar-refractivity contribution < 1.29 is 14.3 Å². The van der Waals surface area contributed by atoms with E-state index < -0.39 is 6.04 Å². The van der Waals surface area contributed by atoms with Crippen LogP contribution in [-0.2, 0) is 17.6 Å². The summed E-state index contributed by atoms with van der Waals surface area (Å²) >= 11 is 0. The summed E-state index contributed by atoms with van der Waals surface area (Å²) in [5, 5.41) is 4.25. The number of hydrogen-bond donors (Lipinski definition) is 2. The number of carbonyl (C=O) groups is 2. The fourth-order valence-corrected chi connectivity index (χ4v) is 5.24. The molecule has 2 amide bonds. The van der Waals surface area contributed by atoms with Gasteiger partial charge in [0.2, 0.25) is 5.91 Å². The van der Waals surface area contributed by atoms with Gasteiger partial charge in [0.05, 0.1) is 0 Å². The standard InChI is InChI=1S/C33H29N3O3/c37-32(34-20-18-24-22-35-30-13-7-6-10-27(24)30)31-28-11-4-5-12-29(28)33(38)36(31)21-19-23-14-16-26(17-15-23)39-25-8-2-1-3-9-25/h1-17,22,31,35H,18-21H2,(H,34,37). The molecular weight excluding hydrogens is 486 g/mol. The van der Waals surface area contributed by atoms with Gasteiger partial charge in [-0.1, -0.05) is 66.7 Å². The highest BCUT2D eigenvalue weighted by molar-refractivity contribution is 6.04. The van der Waals surface area contributed by atoms with Crippen LogP contribution in [0, 0.1) is 0 Å². The highest BCUT2D eigenvalue weighted by Gasteiger charge is 2.40. The van der Waals surface area contributed by atoms with Crippen molar-refractivity contribution in [3.8, 4) is 11.5 Å². The number of nitrogens with zero attached hydrogens (tertiary/aromatic N) is 1. The number of aromatic amines is 1. The molecule has 5 aromatic rings. The van der Waals surface area contributed by atoms with Gasteiger partial charge in [-0.25, -0.2) is 0 Å². The fourth-order valence-electron chi connectivity index (χ4n) is 5.24. The Hall–Kier alpha value is -4.84. The molecule has 6 rings (SSSR count). The smallest absolute Gasteiger partial charge is 0.255 e. The van der Waals surface area contributed by atoms with Crippen molar-refractivity contribution >= 4 is 22.7 Å². The minimum atomic E-state index is -0.641. The summed E-state index contributed by atoms with van der Waals surface area (Å²) < 4.78 is 5.89. The first-order valence-corrected chi connectivity index (χ1v) is 13.2. The Labute approximate surface area is 227 Å². The van der Waals surface area contributed by atoms with Crippen molar-refractivity contribution in [2.45, 2.75) is 18.9 Å². The summed E-state index contributed by atoms with van der Waals surface area (Å²) in [5.41, 5.74) is 4.67. The maximum absolute atomic E-state index is 13.5. The summed E-state index contributed by atoms with van der Waals surface area (Å²) in [5.74, 6) is 1.28. The van der Waals surface area contributed by atoms with Crippen molar-refractivity contribution in [1.82, 2.24) is 15.2 Å². The number of nitrogens with one attached hydrogen (secondary N) is 2. The zero-order valence-corrected chi connectivity index (χ0v) is 21.5. The highest BCUT2D eigenvalue weighted by Crippen LogP contribution is 2.34. The molecule has 0 radical (unpaired) electrons. The largest absolute Gasteiger partial charge is 0.457 e. The Kier molecular flexibility index (Phi) is 6.83. The van der Waals surface area contributed by atoms with Gasteiger partial charge < -0.3 is 19.9 Å². The first-order valence-electron chi connectivity index (χ1n) is 13.2. The fraction of sp³-hybridized carbons (Fsp3) is 0.152. The maximum atomic E-state index is 13.5. The maximum Gasteiger partial charge on any atom is 0.255 e. The molecule has 0 spiro atoms. The van der Waals surface area contributed by atoms with Crippen LogP contribution >= 0.6 is 0 Å². The van der Waals surface area contributed by atoms with Crippen LogP contribution in [0.1, 0.15) is 33.1 Å². The quantitative estimate of drug-likeness (QED) is 0.251. The van der Waals surface area contributed by atoms with Crippen molar-refractivity contribution in [1.29, 1.82) is 0 Å². The predicted molar refractivity (Wildman–Crippen MR) is 152 cm³/mol. The molecule has 0 fully saturated rings. The van der Waals surface area contributed by atoms with E-state index in [0.29, 0.717) is 31.5 Å². The van der Waals surface area contributed by atoms with E-state index in [1.54, 1.807) is 11.0 Å². The summed E-state index contributed by atoms with van der Waals surface area (Å²) in [6, 6.07) is 32.4. The number of hydrogen-bond acceptors (Lipinski definition) is 3. The Bertz CT molecular complexity index is 1610. The van der Waals surface area contributed by atoms with Gasteiger partial charge in [-0.3, -0.25) is 9.59 Å². The molecule has 2 N–H and O–H groups in total. The third-order valence-corrected chi connectivity index (χ3v) is 7.22. The van der Waals surface area contributed by atoms with E-state index in [2.05, 4.69) is 16.4 Å². The van der Waals surface area contributed by atoms with Gasteiger partial charge in [0, 0.05) is 35.8 Å². The molecular formula is C33H29N3O3. The lowest BCUT2D eigenvalue weighted by Gasteiger charge is -2.25. The molecule has 39 heavy (non-hydrogen) atoms. The van der Waals surface area contributed by atoms with Crippen molar-refractivity contribution in [3.05, 3.63) is 132 Å². The van der Waals surface area contributed by atoms with Crippen molar-refractivity contribution in [2.75, 3.05) is 13.1 Å². The van der Waals surface area contributed by atoms with Gasteiger partial charge in [-0.05, 0) is 65.9 Å². The summed E-state index contributed by atoms with van der Waals surface area (Å²) in [6.45, 7) is 0.928. The predicted octanol–water partition coefficient (Wildman–Crippen LogP) is 6.06. The van der Waals surface area contributed by atoms with E-state index in [4.69, 9.17) is 4.74 Å². The second-order valence-corrected chi connectivity index (χ2v) is 9.70. The minimum Gasteiger partial charge on any atom is -0.457 e. The van der Waals surface area contributed by atoms with Crippen LogP contribution in [-0.4, -0.2) is 34.8 Å². The third-order valence-electron chi connectivity index (χ3n) is 7.22. The molecule has 1 atom stereocenters. The highest BCUT2D eigenvalue weighted by atomic mass is 16.5. The number of ether oxygens (including phenoxy) is 1. The van der Waals surface area contributed by atoms with E-state index in [1.165, 1.54) is 0 Å². The molecule has 194 valence electrons. The number of amides is 2. The SMILES string of the molecule is O=C(NCCc1c[nH]c2ccccc12)C1c2ccccc2C(=O)N1CCc1ccc(Oc2ccccc2)cc1. The molecule has 0 aliphatic carbocycles. The Morgan fingerprint density at radius 1 is 0.821 bits per heavy atom. The van der Waals surface area contributed by atoms with Crippen molar-refractivity contribution in [3.63, 3.8) is 0 Å². The average molecular weight is 516 g/mol. The van der Waals surface area contributed by atoms with Crippen molar-refractivity contribution in [2.24, 2.45) is 0 Å². The Morgan fingerprint density at radius 3 is 2.38 bits per heavy atom. The molecule has 1 aromatic heterocycles. The number of benzene rings is 4. The third kappa shape index (κ3) is 5.14. The average Bonchev–Trinajstić information content (AvgIpc) is 3.51. The number of rotatable bonds is 9. The van der Waals surface area contributed by atoms with Gasteiger partial charge >= 0.3 is 0 Å². The molecule has 1 unspecified atom stereocenters. The second-order valence-electron chi connectivity index (χ2n) is 9.70. The monoisotopic (exact) mass is 515 g/mol. The van der Waals surface area contributed by atoms with Gasteiger partial charge in [0.15, 0.2) is 0 Å². The van der Waals surface area contributed by atoms with E-state index in [1.807, 2.05) is 97.2 Å². The van der Waals surface area contributed by atoms with Gasteiger partial charge in [0.1, 0.15) is 17.5 Å². The molecule has 2 heterocycles. The number of para-hydroxylation sites is 2. The molecule has 1 aliphatic rings. The van der Waals surface area contributed by atoms with Crippen LogP contribution in [0.4, 0.5) is 0 Å². The molecule has 4 aromatic carbocycles. The Morgan fingerprint density at radius 2 is 1.54 bits per heavy atom. The lowest BCUT2D eigenvalue weighted by atomic mass is 10.0. The van der Waals surface area contributed by atoms with Gasteiger partial charge in [0.25, 0.3) is 5.91 Å². The normalized spacial score (nSPS) is 14.4. The van der Waals surface area contributed by atoms with Gasteiger partial charge in [-0.15, -0.1) is 0 Å². The number of aromatic nitrogens is 1. The zero-order chi connectivity index (χ0) is 26.6. The molecule has 6 heteroatoms. The van der Waals surface area contributed by atoms with Crippen LogP contribution in [0.5, 0.6) is 11.5 Å². The number of carbonyl (C=O) groups excluding carboxylic acids is 2. The number of fused-ring (bicyclic) bond motifs is 2. The second kappa shape index (κ2) is 10.9. The zero-order valence-electron chi connectivity index (χ0n) is 21.5. The lowest BCUT2D eigenvalue weighted by Crippen LogP contribution is -2.40. The molecule has 0 saturated heterocycles. The molecule has 6 nitrogen and oxygen atoms in total. The van der Waals surface area contributed by atoms with E-state index in [9.17, 15) is 9.59 Å². The number of H-pyrrole nitrogens is 1. The van der Waals surface area contributed by atoms with Crippen LogP contribution in [0.25, 0.3) is 10.9 Å². The molecule has 0 bridgehead atoms. The lowest BCUT2D eigenvalue weighted by molar-refractivity contribution is -0.125. The molecule has 1 aliphatic heterocycles. The first kappa shape index (κ1) is 24.5. The summed E-state index contributed by atoms with van der Waals surface area (Å²) in [7, 11) is 0. The van der Waals surface area contributed by atoms with Crippen LogP contribution in [0.2, 0.25) is 0 Å². The molecule has 0 saturated carbocycles. The summed E-state index contributed by atoms with van der Waals surface area (Å²) in [4.78, 5) is 31.8. The van der Waals surface area contributed by atoms with E-state index in [-0.39, 0.29) is 11.8 Å². The Balaban J connectivity index is 1.12. The van der Waals surface area contributed by atoms with E-state index in [0.717, 1.165) is 39.1 Å². The van der Waals surface area contributed by atoms with Crippen LogP contribution in [0.15, 0.2) is 109 Å². The van der Waals surface area contributed by atoms with Crippen LogP contribution in [0.3, 0.4) is 0 Å². The van der Waals surface area contributed by atoms with Crippen LogP contribution < -0.4 is 10.1 Å². The van der Waals surface area contributed by atoms with Gasteiger partial charge in [-0.2, -0.15) is 0 Å². The first-order chi connectivity index (χ1) is 19.2. The topological polar surface area (TPSA) is 74.4 Å². The summed E-state index contributed by atoms with van der Waals surface area (Å²) in [6.07, 6.45) is 3.33.